The SMILES string of the molecule is CC(=O)Oc1cc2sc(NC(=O)C3CC3)c(C(N)=O)c2cc1Br. The third-order valence-corrected chi connectivity index (χ3v) is 5.12. The number of hydrogen-bond donors (Lipinski definition) is 2. The average molecular weight is 397 g/mol. The van der Waals surface area contributed by atoms with Gasteiger partial charge in [0.05, 0.1) is 10.0 Å². The van der Waals surface area contributed by atoms with Gasteiger partial charge >= 0.3 is 5.97 Å². The predicted molar refractivity (Wildman–Crippen MR) is 90.7 cm³/mol. The summed E-state index contributed by atoms with van der Waals surface area (Å²) in [6.45, 7) is 1.31. The van der Waals surface area contributed by atoms with E-state index in [9.17, 15) is 14.4 Å². The lowest BCUT2D eigenvalue weighted by molar-refractivity contribution is -0.131. The topological polar surface area (TPSA) is 98.5 Å². The summed E-state index contributed by atoms with van der Waals surface area (Å²) in [6, 6.07) is 3.31. The van der Waals surface area contributed by atoms with Crippen LogP contribution in [-0.2, 0) is 9.59 Å². The van der Waals surface area contributed by atoms with Crippen LogP contribution in [-0.4, -0.2) is 17.8 Å². The normalized spacial score (nSPS) is 13.8. The number of fused-ring (bicyclic) bond motifs is 1. The van der Waals surface area contributed by atoms with Crippen LogP contribution in [0.5, 0.6) is 5.75 Å². The molecule has 3 rings (SSSR count). The Hall–Kier alpha value is -1.93. The summed E-state index contributed by atoms with van der Waals surface area (Å²) in [5.41, 5.74) is 5.75. The van der Waals surface area contributed by atoms with E-state index in [4.69, 9.17) is 10.5 Å². The zero-order valence-electron chi connectivity index (χ0n) is 12.1. The molecule has 1 aliphatic carbocycles. The summed E-state index contributed by atoms with van der Waals surface area (Å²) in [5, 5.41) is 3.81. The van der Waals surface area contributed by atoms with Crippen LogP contribution in [0.15, 0.2) is 16.6 Å². The van der Waals surface area contributed by atoms with E-state index in [0.717, 1.165) is 12.8 Å². The predicted octanol–water partition coefficient (Wildman–Crippen LogP) is 3.04. The van der Waals surface area contributed by atoms with Crippen molar-refractivity contribution in [1.82, 2.24) is 0 Å². The van der Waals surface area contributed by atoms with Gasteiger partial charge in [0.25, 0.3) is 5.91 Å². The highest BCUT2D eigenvalue weighted by atomic mass is 79.9. The number of rotatable bonds is 4. The van der Waals surface area contributed by atoms with Crippen LogP contribution in [0.4, 0.5) is 5.00 Å². The van der Waals surface area contributed by atoms with Gasteiger partial charge in [-0.25, -0.2) is 0 Å². The summed E-state index contributed by atoms with van der Waals surface area (Å²) in [5.74, 6) is -0.793. The first-order valence-electron chi connectivity index (χ1n) is 6.92. The van der Waals surface area contributed by atoms with E-state index in [1.807, 2.05) is 0 Å². The highest BCUT2D eigenvalue weighted by Crippen LogP contribution is 2.41. The van der Waals surface area contributed by atoms with Crippen molar-refractivity contribution in [1.29, 1.82) is 0 Å². The minimum absolute atomic E-state index is 0.0179. The number of benzene rings is 1. The molecule has 1 heterocycles. The zero-order chi connectivity index (χ0) is 16.7. The zero-order valence-corrected chi connectivity index (χ0v) is 14.5. The number of primary amides is 1. The van der Waals surface area contributed by atoms with Crippen molar-refractivity contribution in [2.24, 2.45) is 11.7 Å². The monoisotopic (exact) mass is 396 g/mol. The molecule has 120 valence electrons. The Bertz CT molecular complexity index is 842. The lowest BCUT2D eigenvalue weighted by Crippen LogP contribution is -2.17. The van der Waals surface area contributed by atoms with Crippen molar-refractivity contribution in [3.63, 3.8) is 0 Å². The number of nitrogens with two attached hydrogens (primary N) is 1. The molecule has 0 radical (unpaired) electrons. The smallest absolute Gasteiger partial charge is 0.308 e. The number of nitrogens with one attached hydrogen (secondary N) is 1. The van der Waals surface area contributed by atoms with Gasteiger partial charge < -0.3 is 15.8 Å². The maximum Gasteiger partial charge on any atom is 0.308 e. The van der Waals surface area contributed by atoms with Gasteiger partial charge in [-0.05, 0) is 34.8 Å². The molecule has 0 spiro atoms. The minimum atomic E-state index is -0.616. The number of halogens is 1. The summed E-state index contributed by atoms with van der Waals surface area (Å²) in [4.78, 5) is 34.9. The molecule has 0 atom stereocenters. The summed E-state index contributed by atoms with van der Waals surface area (Å²) < 4.78 is 6.34. The van der Waals surface area contributed by atoms with Crippen molar-refractivity contribution in [3.05, 3.63) is 22.2 Å². The van der Waals surface area contributed by atoms with E-state index in [-0.39, 0.29) is 17.4 Å². The second-order valence-corrected chi connectivity index (χ2v) is 7.21. The van der Waals surface area contributed by atoms with Crippen LogP contribution in [0.3, 0.4) is 0 Å². The van der Waals surface area contributed by atoms with Gasteiger partial charge in [-0.3, -0.25) is 14.4 Å². The Morgan fingerprint density at radius 2 is 2.04 bits per heavy atom. The summed E-state index contributed by atoms with van der Waals surface area (Å²) in [6.07, 6.45) is 1.73. The number of hydrogen-bond acceptors (Lipinski definition) is 5. The Morgan fingerprint density at radius 1 is 1.35 bits per heavy atom. The number of ether oxygens (including phenoxy) is 1. The molecule has 0 saturated heterocycles. The number of thiophene rings is 1. The Labute approximate surface area is 144 Å². The van der Waals surface area contributed by atoms with Gasteiger partial charge in [-0.2, -0.15) is 0 Å². The van der Waals surface area contributed by atoms with Gasteiger partial charge in [0.15, 0.2) is 0 Å². The van der Waals surface area contributed by atoms with E-state index < -0.39 is 11.9 Å². The summed E-state index contributed by atoms with van der Waals surface area (Å²) >= 11 is 4.54. The summed E-state index contributed by atoms with van der Waals surface area (Å²) in [7, 11) is 0. The van der Waals surface area contributed by atoms with Crippen LogP contribution in [0.25, 0.3) is 10.1 Å². The molecule has 0 aliphatic heterocycles. The lowest BCUT2D eigenvalue weighted by atomic mass is 10.1. The molecule has 2 amide bonds. The van der Waals surface area contributed by atoms with Crippen LogP contribution in [0, 0.1) is 5.92 Å². The maximum absolute atomic E-state index is 12.0. The van der Waals surface area contributed by atoms with Gasteiger partial charge in [0, 0.05) is 29.0 Å². The van der Waals surface area contributed by atoms with Gasteiger partial charge in [0.2, 0.25) is 5.91 Å². The van der Waals surface area contributed by atoms with Crippen molar-refractivity contribution in [3.8, 4) is 5.75 Å². The second-order valence-electron chi connectivity index (χ2n) is 5.31. The van der Waals surface area contributed by atoms with Crippen LogP contribution < -0.4 is 15.8 Å². The molecule has 2 aromatic rings. The molecule has 1 fully saturated rings. The molecule has 0 bridgehead atoms. The molecule has 1 aliphatic rings. The van der Waals surface area contributed by atoms with Gasteiger partial charge in [0.1, 0.15) is 10.8 Å². The fourth-order valence-electron chi connectivity index (χ4n) is 2.22. The number of anilines is 1. The molecular weight excluding hydrogens is 384 g/mol. The lowest BCUT2D eigenvalue weighted by Gasteiger charge is -2.05. The quantitative estimate of drug-likeness (QED) is 0.612. The van der Waals surface area contributed by atoms with E-state index in [0.29, 0.717) is 25.3 Å². The molecular formula is C15H13BrN2O4S. The number of amides is 2. The fourth-order valence-corrected chi connectivity index (χ4v) is 3.77. The number of carbonyl (C=O) groups is 3. The van der Waals surface area contributed by atoms with Crippen molar-refractivity contribution >= 4 is 60.1 Å². The Kier molecular flexibility index (Phi) is 4.11. The molecule has 3 N–H and O–H groups in total. The highest BCUT2D eigenvalue weighted by molar-refractivity contribution is 9.10. The fraction of sp³-hybridized carbons (Fsp3) is 0.267. The number of esters is 1. The van der Waals surface area contributed by atoms with Crippen molar-refractivity contribution < 1.29 is 19.1 Å². The van der Waals surface area contributed by atoms with Crippen LogP contribution >= 0.6 is 27.3 Å². The highest BCUT2D eigenvalue weighted by Gasteiger charge is 2.31. The maximum atomic E-state index is 12.0. The van der Waals surface area contributed by atoms with Gasteiger partial charge in [-0.15, -0.1) is 11.3 Å². The molecule has 23 heavy (non-hydrogen) atoms. The van der Waals surface area contributed by atoms with E-state index >= 15 is 0 Å². The van der Waals surface area contributed by atoms with E-state index in [1.54, 1.807) is 12.1 Å². The first-order valence-corrected chi connectivity index (χ1v) is 8.53. The van der Waals surface area contributed by atoms with Crippen molar-refractivity contribution in [2.75, 3.05) is 5.32 Å². The molecule has 6 nitrogen and oxygen atoms in total. The third-order valence-electron chi connectivity index (χ3n) is 3.43. The molecule has 0 unspecified atom stereocenters. The van der Waals surface area contributed by atoms with Crippen LogP contribution in [0.2, 0.25) is 0 Å². The Morgan fingerprint density at radius 3 is 2.61 bits per heavy atom. The number of carbonyl (C=O) groups excluding carboxylic acids is 3. The van der Waals surface area contributed by atoms with E-state index in [2.05, 4.69) is 21.2 Å². The van der Waals surface area contributed by atoms with Crippen LogP contribution in [0.1, 0.15) is 30.1 Å². The first kappa shape index (κ1) is 15.9. The molecule has 1 saturated carbocycles. The first-order chi connectivity index (χ1) is 10.9. The Balaban J connectivity index is 2.08. The molecule has 8 heteroatoms. The van der Waals surface area contributed by atoms with E-state index in [1.165, 1.54) is 18.3 Å². The van der Waals surface area contributed by atoms with Crippen molar-refractivity contribution in [2.45, 2.75) is 19.8 Å². The minimum Gasteiger partial charge on any atom is -0.425 e. The standard InChI is InChI=1S/C15H13BrN2O4S/c1-6(19)22-10-5-11-8(4-9(10)16)12(13(17)20)15(23-11)18-14(21)7-2-3-7/h4-5,7H,2-3H2,1H3,(H2,17,20)(H,18,21). The second kappa shape index (κ2) is 5.93. The molecule has 1 aromatic carbocycles. The average Bonchev–Trinajstić information content (AvgIpc) is 3.22. The molecule has 1 aromatic heterocycles. The largest absolute Gasteiger partial charge is 0.425 e. The third kappa shape index (κ3) is 3.23. The van der Waals surface area contributed by atoms with Gasteiger partial charge in [-0.1, -0.05) is 0 Å².